The van der Waals surface area contributed by atoms with Gasteiger partial charge in [0.05, 0.1) is 6.10 Å². The number of aliphatic hydroxyl groups is 1. The fraction of sp³-hybridized carbons (Fsp3) is 0.533. The highest BCUT2D eigenvalue weighted by molar-refractivity contribution is 5.78. The fourth-order valence-electron chi connectivity index (χ4n) is 2.09. The molecular weight excluding hydrogens is 242 g/mol. The number of rotatable bonds is 6. The lowest BCUT2D eigenvalue weighted by atomic mass is 10.1. The average molecular weight is 263 g/mol. The molecule has 1 N–H and O–H groups in total. The fourth-order valence-corrected chi connectivity index (χ4v) is 2.09. The van der Waals surface area contributed by atoms with E-state index in [0.29, 0.717) is 11.8 Å². The smallest absolute Gasteiger partial charge is 0.260 e. The van der Waals surface area contributed by atoms with Gasteiger partial charge in [-0.15, -0.1) is 0 Å². The molecular formula is C15H21NO3. The topological polar surface area (TPSA) is 49.8 Å². The van der Waals surface area contributed by atoms with E-state index in [1.54, 1.807) is 19.1 Å². The molecule has 1 atom stereocenters. The molecule has 1 aliphatic rings. The maximum absolute atomic E-state index is 12.0. The molecule has 0 heterocycles. The van der Waals surface area contributed by atoms with Gasteiger partial charge in [0.15, 0.2) is 6.61 Å². The molecule has 0 aromatic heterocycles. The second-order valence-electron chi connectivity index (χ2n) is 4.94. The Labute approximate surface area is 114 Å². The highest BCUT2D eigenvalue weighted by Gasteiger charge is 2.31. The van der Waals surface area contributed by atoms with Gasteiger partial charge in [-0.2, -0.15) is 0 Å². The predicted octanol–water partition coefficient (Wildman–Crippen LogP) is 2.13. The molecule has 0 radical (unpaired) electrons. The Morgan fingerprint density at radius 3 is 2.53 bits per heavy atom. The number of carbonyl (C=O) groups is 1. The lowest BCUT2D eigenvalue weighted by Gasteiger charge is -2.20. The summed E-state index contributed by atoms with van der Waals surface area (Å²) in [7, 11) is 0. The van der Waals surface area contributed by atoms with Crippen molar-refractivity contribution in [2.45, 2.75) is 38.8 Å². The van der Waals surface area contributed by atoms with E-state index in [1.165, 1.54) is 0 Å². The van der Waals surface area contributed by atoms with Crippen molar-refractivity contribution in [2.75, 3.05) is 13.2 Å². The minimum atomic E-state index is -0.485. The molecule has 1 saturated carbocycles. The molecule has 0 saturated heterocycles. The van der Waals surface area contributed by atoms with Crippen molar-refractivity contribution in [3.05, 3.63) is 29.8 Å². The van der Waals surface area contributed by atoms with E-state index in [-0.39, 0.29) is 12.5 Å². The number of hydrogen-bond acceptors (Lipinski definition) is 3. The number of amides is 1. The van der Waals surface area contributed by atoms with Crippen molar-refractivity contribution < 1.29 is 14.6 Å². The molecule has 4 nitrogen and oxygen atoms in total. The first kappa shape index (κ1) is 13.9. The van der Waals surface area contributed by atoms with Crippen LogP contribution in [0.15, 0.2) is 24.3 Å². The third-order valence-electron chi connectivity index (χ3n) is 3.37. The van der Waals surface area contributed by atoms with Crippen LogP contribution in [0.3, 0.4) is 0 Å². The van der Waals surface area contributed by atoms with Gasteiger partial charge in [-0.05, 0) is 44.4 Å². The predicted molar refractivity (Wildman–Crippen MR) is 73.0 cm³/mol. The molecule has 1 fully saturated rings. The van der Waals surface area contributed by atoms with Gasteiger partial charge in [0.1, 0.15) is 5.75 Å². The number of carbonyl (C=O) groups excluding carboxylic acids is 1. The maximum atomic E-state index is 12.0. The monoisotopic (exact) mass is 263 g/mol. The molecule has 4 heteroatoms. The van der Waals surface area contributed by atoms with Crippen molar-refractivity contribution in [2.24, 2.45) is 0 Å². The van der Waals surface area contributed by atoms with E-state index < -0.39 is 6.10 Å². The summed E-state index contributed by atoms with van der Waals surface area (Å²) in [5, 5.41) is 9.40. The largest absolute Gasteiger partial charge is 0.484 e. The summed E-state index contributed by atoms with van der Waals surface area (Å²) in [6.45, 7) is 4.54. The van der Waals surface area contributed by atoms with Gasteiger partial charge in [-0.1, -0.05) is 12.1 Å². The summed E-state index contributed by atoms with van der Waals surface area (Å²) < 4.78 is 5.49. The number of hydrogen-bond donors (Lipinski definition) is 1. The number of ether oxygens (including phenoxy) is 1. The first-order valence-corrected chi connectivity index (χ1v) is 6.82. The second-order valence-corrected chi connectivity index (χ2v) is 4.94. The SMILES string of the molecule is CCN(C(=O)COc1ccc(C(C)O)cc1)C1CC1. The Hall–Kier alpha value is -1.55. The second kappa shape index (κ2) is 6.06. The third-order valence-corrected chi connectivity index (χ3v) is 3.37. The van der Waals surface area contributed by atoms with E-state index >= 15 is 0 Å². The molecule has 1 amide bonds. The molecule has 1 unspecified atom stereocenters. The van der Waals surface area contributed by atoms with Gasteiger partial charge in [0, 0.05) is 12.6 Å². The summed E-state index contributed by atoms with van der Waals surface area (Å²) in [6.07, 6.45) is 1.74. The minimum absolute atomic E-state index is 0.0459. The number of aliphatic hydroxyl groups excluding tert-OH is 1. The van der Waals surface area contributed by atoms with Gasteiger partial charge in [0.25, 0.3) is 5.91 Å². The van der Waals surface area contributed by atoms with Crippen LogP contribution in [0.25, 0.3) is 0 Å². The van der Waals surface area contributed by atoms with Gasteiger partial charge >= 0.3 is 0 Å². The first-order chi connectivity index (χ1) is 9.11. The van der Waals surface area contributed by atoms with Crippen LogP contribution in [0.4, 0.5) is 0 Å². The summed E-state index contributed by atoms with van der Waals surface area (Å²) >= 11 is 0. The van der Waals surface area contributed by atoms with E-state index in [1.807, 2.05) is 24.0 Å². The lowest BCUT2D eigenvalue weighted by molar-refractivity contribution is -0.133. The van der Waals surface area contributed by atoms with E-state index in [9.17, 15) is 9.90 Å². The maximum Gasteiger partial charge on any atom is 0.260 e. The van der Waals surface area contributed by atoms with Crippen molar-refractivity contribution in [3.8, 4) is 5.75 Å². The lowest BCUT2D eigenvalue weighted by Crippen LogP contribution is -2.36. The Balaban J connectivity index is 1.85. The van der Waals surface area contributed by atoms with E-state index in [2.05, 4.69) is 0 Å². The number of benzene rings is 1. The molecule has 1 aromatic rings. The van der Waals surface area contributed by atoms with Crippen LogP contribution >= 0.6 is 0 Å². The summed E-state index contributed by atoms with van der Waals surface area (Å²) in [5.41, 5.74) is 0.840. The minimum Gasteiger partial charge on any atom is -0.484 e. The molecule has 19 heavy (non-hydrogen) atoms. The Morgan fingerprint density at radius 1 is 1.42 bits per heavy atom. The van der Waals surface area contributed by atoms with Crippen LogP contribution in [0.5, 0.6) is 5.75 Å². The van der Waals surface area contributed by atoms with Crippen LogP contribution in [0, 0.1) is 0 Å². The van der Waals surface area contributed by atoms with Crippen molar-refractivity contribution in [1.29, 1.82) is 0 Å². The van der Waals surface area contributed by atoms with Crippen LogP contribution in [-0.4, -0.2) is 35.1 Å². The normalized spacial score (nSPS) is 15.9. The quantitative estimate of drug-likeness (QED) is 0.855. The summed E-state index contributed by atoms with van der Waals surface area (Å²) in [6, 6.07) is 7.61. The van der Waals surface area contributed by atoms with Crippen LogP contribution in [0.1, 0.15) is 38.4 Å². The van der Waals surface area contributed by atoms with Gasteiger partial charge in [-0.3, -0.25) is 4.79 Å². The van der Waals surface area contributed by atoms with Crippen molar-refractivity contribution in [3.63, 3.8) is 0 Å². The standard InChI is InChI=1S/C15H21NO3/c1-3-16(13-6-7-13)15(18)10-19-14-8-4-12(5-9-14)11(2)17/h4-5,8-9,11,13,17H,3,6-7,10H2,1-2H3. The Morgan fingerprint density at radius 2 is 2.05 bits per heavy atom. The molecule has 2 rings (SSSR count). The highest BCUT2D eigenvalue weighted by Crippen LogP contribution is 2.26. The summed E-state index contributed by atoms with van der Waals surface area (Å²) in [5.74, 6) is 0.703. The van der Waals surface area contributed by atoms with Gasteiger partial charge in [-0.25, -0.2) is 0 Å². The van der Waals surface area contributed by atoms with Crippen LogP contribution in [0.2, 0.25) is 0 Å². The van der Waals surface area contributed by atoms with Crippen LogP contribution < -0.4 is 4.74 Å². The molecule has 0 aliphatic heterocycles. The highest BCUT2D eigenvalue weighted by atomic mass is 16.5. The average Bonchev–Trinajstić information content (AvgIpc) is 3.22. The zero-order valence-electron chi connectivity index (χ0n) is 11.5. The summed E-state index contributed by atoms with van der Waals surface area (Å²) in [4.78, 5) is 13.8. The Kier molecular flexibility index (Phi) is 4.43. The molecule has 1 aliphatic carbocycles. The molecule has 0 bridgehead atoms. The van der Waals surface area contributed by atoms with Crippen molar-refractivity contribution in [1.82, 2.24) is 4.90 Å². The van der Waals surface area contributed by atoms with Crippen LogP contribution in [-0.2, 0) is 4.79 Å². The Bertz CT molecular complexity index is 424. The van der Waals surface area contributed by atoms with Gasteiger partial charge in [0.2, 0.25) is 0 Å². The van der Waals surface area contributed by atoms with Gasteiger partial charge < -0.3 is 14.7 Å². The van der Waals surface area contributed by atoms with Crippen molar-refractivity contribution >= 4 is 5.91 Å². The molecule has 1 aromatic carbocycles. The number of likely N-dealkylation sites (N-methyl/N-ethyl adjacent to an activating group) is 1. The zero-order chi connectivity index (χ0) is 13.8. The molecule has 104 valence electrons. The molecule has 0 spiro atoms. The number of nitrogens with zero attached hydrogens (tertiary/aromatic N) is 1. The van der Waals surface area contributed by atoms with E-state index in [0.717, 1.165) is 24.9 Å². The van der Waals surface area contributed by atoms with E-state index in [4.69, 9.17) is 4.74 Å². The third kappa shape index (κ3) is 3.70. The first-order valence-electron chi connectivity index (χ1n) is 6.82. The zero-order valence-corrected chi connectivity index (χ0v) is 11.5.